The van der Waals surface area contributed by atoms with E-state index in [0.29, 0.717) is 5.56 Å². The molecule has 0 radical (unpaired) electrons. The average Bonchev–Trinajstić information content (AvgIpc) is 2.34. The Morgan fingerprint density at radius 1 is 1.36 bits per heavy atom. The first-order valence-electron chi connectivity index (χ1n) is 6.51. The van der Waals surface area contributed by atoms with Crippen LogP contribution in [0.1, 0.15) is 25.3 Å². The molecular formula is C14H16F3NO4. The molecule has 0 aliphatic heterocycles. The molecule has 1 rings (SSSR count). The van der Waals surface area contributed by atoms with Gasteiger partial charge in [-0.2, -0.15) is 0 Å². The van der Waals surface area contributed by atoms with Crippen LogP contribution in [0.3, 0.4) is 0 Å². The number of rotatable bonds is 7. The number of amides is 1. The number of halogens is 3. The maximum atomic E-state index is 12.1. The van der Waals surface area contributed by atoms with E-state index in [1.807, 2.05) is 0 Å². The molecule has 5 nitrogen and oxygen atoms in total. The van der Waals surface area contributed by atoms with Gasteiger partial charge in [0.1, 0.15) is 5.75 Å². The summed E-state index contributed by atoms with van der Waals surface area (Å²) in [5, 5.41) is 11.1. The Bertz CT molecular complexity index is 531. The minimum atomic E-state index is -4.79. The molecule has 1 aromatic rings. The van der Waals surface area contributed by atoms with E-state index < -0.39 is 24.0 Å². The lowest BCUT2D eigenvalue weighted by atomic mass is 10.1. The van der Waals surface area contributed by atoms with Crippen LogP contribution in [0.15, 0.2) is 24.3 Å². The van der Waals surface area contributed by atoms with Crippen LogP contribution >= 0.6 is 0 Å². The highest BCUT2D eigenvalue weighted by molar-refractivity contribution is 5.79. The topological polar surface area (TPSA) is 75.6 Å². The van der Waals surface area contributed by atoms with E-state index in [-0.39, 0.29) is 25.3 Å². The van der Waals surface area contributed by atoms with E-state index in [1.165, 1.54) is 12.1 Å². The molecular weight excluding hydrogens is 303 g/mol. The second-order valence-electron chi connectivity index (χ2n) is 4.77. The van der Waals surface area contributed by atoms with Crippen LogP contribution in [-0.2, 0) is 16.0 Å². The van der Waals surface area contributed by atoms with Crippen LogP contribution in [0.2, 0.25) is 0 Å². The maximum absolute atomic E-state index is 12.1. The molecule has 0 saturated carbocycles. The number of hydrogen-bond acceptors (Lipinski definition) is 3. The summed E-state index contributed by atoms with van der Waals surface area (Å²) in [7, 11) is 0. The number of benzene rings is 1. The fraction of sp³-hybridized carbons (Fsp3) is 0.429. The molecule has 0 saturated heterocycles. The zero-order chi connectivity index (χ0) is 16.8. The van der Waals surface area contributed by atoms with E-state index in [0.717, 1.165) is 12.1 Å². The molecule has 1 amide bonds. The Labute approximate surface area is 125 Å². The minimum Gasteiger partial charge on any atom is -0.481 e. The first-order chi connectivity index (χ1) is 10.2. The highest BCUT2D eigenvalue weighted by Crippen LogP contribution is 2.23. The Morgan fingerprint density at radius 2 is 2.05 bits per heavy atom. The van der Waals surface area contributed by atoms with Gasteiger partial charge >= 0.3 is 12.3 Å². The van der Waals surface area contributed by atoms with Crippen molar-refractivity contribution in [2.45, 2.75) is 38.6 Å². The first-order valence-corrected chi connectivity index (χ1v) is 6.51. The van der Waals surface area contributed by atoms with Gasteiger partial charge in [-0.3, -0.25) is 9.59 Å². The van der Waals surface area contributed by atoms with E-state index >= 15 is 0 Å². The van der Waals surface area contributed by atoms with Gasteiger partial charge in [0.25, 0.3) is 0 Å². The third kappa shape index (κ3) is 7.51. The minimum absolute atomic E-state index is 0.0731. The number of aliphatic carboxylic acids is 1. The molecule has 1 aromatic carbocycles. The van der Waals surface area contributed by atoms with E-state index in [1.54, 1.807) is 6.92 Å². The monoisotopic (exact) mass is 319 g/mol. The van der Waals surface area contributed by atoms with Gasteiger partial charge in [0.05, 0.1) is 6.42 Å². The Hall–Kier alpha value is -2.25. The quantitative estimate of drug-likeness (QED) is 0.809. The third-order valence-electron chi connectivity index (χ3n) is 2.70. The van der Waals surface area contributed by atoms with Crippen molar-refractivity contribution in [3.05, 3.63) is 29.8 Å². The molecule has 1 atom stereocenters. The zero-order valence-electron chi connectivity index (χ0n) is 11.8. The number of ether oxygens (including phenoxy) is 1. The number of carbonyl (C=O) groups is 2. The smallest absolute Gasteiger partial charge is 0.481 e. The lowest BCUT2D eigenvalue weighted by Crippen LogP contribution is -2.34. The fourth-order valence-corrected chi connectivity index (χ4v) is 1.78. The predicted octanol–water partition coefficient (Wildman–Crippen LogP) is 2.50. The van der Waals surface area contributed by atoms with Gasteiger partial charge < -0.3 is 15.2 Å². The summed E-state index contributed by atoms with van der Waals surface area (Å²) in [4.78, 5) is 22.2. The van der Waals surface area contributed by atoms with Gasteiger partial charge in [-0.05, 0) is 31.0 Å². The van der Waals surface area contributed by atoms with Gasteiger partial charge in [-0.25, -0.2) is 0 Å². The fourth-order valence-electron chi connectivity index (χ4n) is 1.78. The summed E-state index contributed by atoms with van der Waals surface area (Å²) < 4.78 is 40.1. The lowest BCUT2D eigenvalue weighted by Gasteiger charge is -2.13. The largest absolute Gasteiger partial charge is 0.573 e. The molecule has 122 valence electrons. The molecule has 22 heavy (non-hydrogen) atoms. The van der Waals surface area contributed by atoms with Crippen LogP contribution in [-0.4, -0.2) is 29.4 Å². The number of alkyl halides is 3. The Kier molecular flexibility index (Phi) is 6.21. The van der Waals surface area contributed by atoms with Crippen LogP contribution in [0, 0.1) is 0 Å². The highest BCUT2D eigenvalue weighted by atomic mass is 19.4. The van der Waals surface area contributed by atoms with Crippen molar-refractivity contribution in [3.63, 3.8) is 0 Å². The zero-order valence-corrected chi connectivity index (χ0v) is 11.8. The molecule has 0 fully saturated rings. The summed E-state index contributed by atoms with van der Waals surface area (Å²) in [5.74, 6) is -1.75. The predicted molar refractivity (Wildman–Crippen MR) is 71.3 cm³/mol. The highest BCUT2D eigenvalue weighted by Gasteiger charge is 2.31. The van der Waals surface area contributed by atoms with Crippen molar-refractivity contribution >= 4 is 11.9 Å². The van der Waals surface area contributed by atoms with Crippen LogP contribution < -0.4 is 10.1 Å². The molecule has 0 aliphatic carbocycles. The molecule has 8 heteroatoms. The summed E-state index contributed by atoms with van der Waals surface area (Å²) >= 11 is 0. The van der Waals surface area contributed by atoms with Crippen molar-refractivity contribution < 1.29 is 32.6 Å². The number of carboxylic acids is 1. The molecule has 0 aliphatic rings. The van der Waals surface area contributed by atoms with Gasteiger partial charge in [0.15, 0.2) is 0 Å². The van der Waals surface area contributed by atoms with Crippen molar-refractivity contribution in [2.75, 3.05) is 0 Å². The molecule has 0 spiro atoms. The van der Waals surface area contributed by atoms with E-state index in [2.05, 4.69) is 10.1 Å². The normalized spacial score (nSPS) is 12.5. The van der Waals surface area contributed by atoms with Crippen LogP contribution in [0.25, 0.3) is 0 Å². The van der Waals surface area contributed by atoms with Gasteiger partial charge in [0.2, 0.25) is 5.91 Å². The summed E-state index contributed by atoms with van der Waals surface area (Å²) in [6.45, 7) is 1.66. The lowest BCUT2D eigenvalue weighted by molar-refractivity contribution is -0.274. The molecule has 2 N–H and O–H groups in total. The van der Waals surface area contributed by atoms with Crippen molar-refractivity contribution in [2.24, 2.45) is 0 Å². The number of hydrogen-bond donors (Lipinski definition) is 2. The first kappa shape index (κ1) is 17.8. The Morgan fingerprint density at radius 3 is 2.64 bits per heavy atom. The van der Waals surface area contributed by atoms with Crippen LogP contribution in [0.5, 0.6) is 5.75 Å². The van der Waals surface area contributed by atoms with Crippen LogP contribution in [0.4, 0.5) is 13.2 Å². The van der Waals surface area contributed by atoms with E-state index in [9.17, 15) is 22.8 Å². The molecule has 0 bridgehead atoms. The molecule has 0 aromatic heterocycles. The summed E-state index contributed by atoms with van der Waals surface area (Å²) in [5.41, 5.74) is 0.365. The second-order valence-corrected chi connectivity index (χ2v) is 4.77. The second kappa shape index (κ2) is 7.67. The molecule has 1 unspecified atom stereocenters. The third-order valence-corrected chi connectivity index (χ3v) is 2.70. The van der Waals surface area contributed by atoms with E-state index in [4.69, 9.17) is 5.11 Å². The summed E-state index contributed by atoms with van der Waals surface area (Å²) in [6.07, 6.45) is -4.70. The maximum Gasteiger partial charge on any atom is 0.573 e. The van der Waals surface area contributed by atoms with Gasteiger partial charge in [0, 0.05) is 12.5 Å². The van der Waals surface area contributed by atoms with Gasteiger partial charge in [-0.15, -0.1) is 13.2 Å². The van der Waals surface area contributed by atoms with Crippen molar-refractivity contribution in [1.82, 2.24) is 5.32 Å². The van der Waals surface area contributed by atoms with Crippen molar-refractivity contribution in [3.8, 4) is 5.75 Å². The van der Waals surface area contributed by atoms with Crippen molar-refractivity contribution in [1.29, 1.82) is 0 Å². The standard InChI is InChI=1S/C14H16F3NO4/c1-9(5-6-13(20)21)18-12(19)8-10-3-2-4-11(7-10)22-14(15,16)17/h2-4,7,9H,5-6,8H2,1H3,(H,18,19)(H,20,21). The van der Waals surface area contributed by atoms with Gasteiger partial charge in [-0.1, -0.05) is 12.1 Å². The SMILES string of the molecule is CC(CCC(=O)O)NC(=O)Cc1cccc(OC(F)(F)F)c1. The number of carbonyl (C=O) groups excluding carboxylic acids is 1. The average molecular weight is 319 g/mol. The molecule has 0 heterocycles. The number of carboxylic acid groups (broad SMARTS) is 1. The number of nitrogens with one attached hydrogen (secondary N) is 1. The Balaban J connectivity index is 2.54. The summed E-state index contributed by atoms with van der Waals surface area (Å²) in [6, 6.07) is 4.81.